The second kappa shape index (κ2) is 6.64. The van der Waals surface area contributed by atoms with Crippen LogP contribution in [0.2, 0.25) is 0 Å². The van der Waals surface area contributed by atoms with Gasteiger partial charge in [0.15, 0.2) is 0 Å². The maximum Gasteiger partial charge on any atom is 0.308 e. The minimum atomic E-state index is -0.370. The summed E-state index contributed by atoms with van der Waals surface area (Å²) in [7, 11) is 1.45. The highest BCUT2D eigenvalue weighted by Crippen LogP contribution is 2.43. The molecule has 0 spiro atoms. The van der Waals surface area contributed by atoms with Crippen molar-refractivity contribution in [2.75, 3.05) is 7.11 Å². The molecule has 132 valence electrons. The molecule has 2 aromatic rings. The van der Waals surface area contributed by atoms with Crippen LogP contribution in [0.4, 0.5) is 0 Å². The Kier molecular flexibility index (Phi) is 4.34. The predicted molar refractivity (Wildman–Crippen MR) is 93.9 cm³/mol. The Hall–Kier alpha value is -2.14. The number of carbonyl (C=O) groups excluding carboxylic acids is 1. The summed E-state index contributed by atoms with van der Waals surface area (Å²) >= 11 is 0. The predicted octanol–water partition coefficient (Wildman–Crippen LogP) is 3.18. The van der Waals surface area contributed by atoms with E-state index in [1.165, 1.54) is 18.2 Å². The molecular weight excluding hydrogens is 316 g/mol. The van der Waals surface area contributed by atoms with Gasteiger partial charge in [0.2, 0.25) is 0 Å². The number of benzene rings is 1. The highest BCUT2D eigenvalue weighted by Gasteiger charge is 2.34. The first-order chi connectivity index (χ1) is 12.2. The molecule has 1 unspecified atom stereocenters. The second-order valence-electron chi connectivity index (χ2n) is 7.23. The van der Waals surface area contributed by atoms with E-state index in [-0.39, 0.29) is 30.0 Å². The highest BCUT2D eigenvalue weighted by molar-refractivity contribution is 5.72. The topological polar surface area (TPSA) is 64.3 Å². The Morgan fingerprint density at radius 1 is 1.32 bits per heavy atom. The number of hydrogen-bond donors (Lipinski definition) is 1. The average molecular weight is 340 g/mol. The number of fused-ring (bicyclic) bond motifs is 3. The number of carbonyl (C=O) groups is 1. The Bertz CT molecular complexity index is 762. The van der Waals surface area contributed by atoms with Gasteiger partial charge in [-0.05, 0) is 43.6 Å². The monoisotopic (exact) mass is 340 g/mol. The zero-order chi connectivity index (χ0) is 17.4. The molecule has 5 heteroatoms. The van der Waals surface area contributed by atoms with Gasteiger partial charge in [0, 0.05) is 5.56 Å². The molecule has 1 fully saturated rings. The average Bonchev–Trinajstić information content (AvgIpc) is 3.24. The van der Waals surface area contributed by atoms with E-state index in [0.717, 1.165) is 31.4 Å². The molecule has 0 bridgehead atoms. The first-order valence-corrected chi connectivity index (χ1v) is 9.06. The van der Waals surface area contributed by atoms with Crippen molar-refractivity contribution in [2.45, 2.75) is 44.2 Å². The van der Waals surface area contributed by atoms with E-state index < -0.39 is 0 Å². The molecule has 1 N–H and O–H groups in total. The Morgan fingerprint density at radius 2 is 2.08 bits per heavy atom. The molecule has 1 saturated carbocycles. The number of esters is 1. The fourth-order valence-electron chi connectivity index (χ4n) is 4.50. The van der Waals surface area contributed by atoms with Crippen LogP contribution in [-0.4, -0.2) is 33.8 Å². The van der Waals surface area contributed by atoms with Crippen LogP contribution >= 0.6 is 0 Å². The molecule has 0 saturated heterocycles. The molecule has 25 heavy (non-hydrogen) atoms. The van der Waals surface area contributed by atoms with Gasteiger partial charge >= 0.3 is 5.97 Å². The maximum absolute atomic E-state index is 11.7. The van der Waals surface area contributed by atoms with Crippen molar-refractivity contribution in [1.29, 1.82) is 0 Å². The standard InChI is InChI=1S/C20H24N2O3/c1-25-20(24)14-8-6-13(7-9-14)19(23)10-17-15-4-2-3-5-16(15)18-11-21-12-22(17)18/h2-5,11-14,17,19,23H,6-10H2,1H3/t13?,14?,17?,19-/m1/s1. The van der Waals surface area contributed by atoms with Gasteiger partial charge in [-0.2, -0.15) is 0 Å². The molecule has 0 amide bonds. The summed E-state index contributed by atoms with van der Waals surface area (Å²) in [5.74, 6) is 0.141. The van der Waals surface area contributed by atoms with Gasteiger partial charge in [-0.3, -0.25) is 4.79 Å². The van der Waals surface area contributed by atoms with Crippen LogP contribution < -0.4 is 0 Å². The minimum absolute atomic E-state index is 0.000841. The number of aliphatic hydroxyl groups is 1. The van der Waals surface area contributed by atoms with Crippen molar-refractivity contribution in [3.8, 4) is 11.3 Å². The molecule has 0 radical (unpaired) electrons. The number of imidazole rings is 1. The third kappa shape index (κ3) is 2.86. The van der Waals surface area contributed by atoms with Crippen molar-refractivity contribution >= 4 is 5.97 Å². The molecule has 2 atom stereocenters. The fraction of sp³-hybridized carbons (Fsp3) is 0.500. The van der Waals surface area contributed by atoms with Crippen LogP contribution in [0, 0.1) is 11.8 Å². The molecule has 1 aliphatic heterocycles. The molecule has 1 aliphatic carbocycles. The van der Waals surface area contributed by atoms with Crippen molar-refractivity contribution < 1.29 is 14.6 Å². The number of rotatable bonds is 4. The summed E-state index contributed by atoms with van der Waals surface area (Å²) in [6.07, 6.45) is 7.46. The molecule has 1 aromatic heterocycles. The van der Waals surface area contributed by atoms with Crippen molar-refractivity contribution in [2.24, 2.45) is 11.8 Å². The van der Waals surface area contributed by atoms with Crippen LogP contribution in [0.1, 0.15) is 43.7 Å². The molecule has 4 rings (SSSR count). The largest absolute Gasteiger partial charge is 0.469 e. The summed E-state index contributed by atoms with van der Waals surface area (Å²) in [4.78, 5) is 16.0. The van der Waals surface area contributed by atoms with E-state index in [4.69, 9.17) is 4.74 Å². The van der Waals surface area contributed by atoms with Crippen LogP contribution in [0.3, 0.4) is 0 Å². The van der Waals surface area contributed by atoms with E-state index in [2.05, 4.69) is 27.8 Å². The van der Waals surface area contributed by atoms with Gasteiger partial charge in [0.05, 0.1) is 43.4 Å². The number of hydrogen-bond acceptors (Lipinski definition) is 4. The summed E-state index contributed by atoms with van der Waals surface area (Å²) < 4.78 is 7.03. The third-order valence-electron chi connectivity index (χ3n) is 5.91. The summed E-state index contributed by atoms with van der Waals surface area (Å²) in [6.45, 7) is 0. The summed E-state index contributed by atoms with van der Waals surface area (Å²) in [5.41, 5.74) is 3.61. The van der Waals surface area contributed by atoms with E-state index in [1.807, 2.05) is 18.6 Å². The Labute approximate surface area is 147 Å². The number of nitrogens with zero attached hydrogens (tertiary/aromatic N) is 2. The SMILES string of the molecule is COC(=O)C1CCC([C@H](O)CC2c3ccccc3-c3cncn32)CC1. The van der Waals surface area contributed by atoms with Gasteiger partial charge in [0.1, 0.15) is 0 Å². The fourth-order valence-corrected chi connectivity index (χ4v) is 4.50. The van der Waals surface area contributed by atoms with Gasteiger partial charge in [-0.1, -0.05) is 24.3 Å². The Morgan fingerprint density at radius 3 is 2.84 bits per heavy atom. The second-order valence-corrected chi connectivity index (χ2v) is 7.23. The van der Waals surface area contributed by atoms with Gasteiger partial charge in [-0.25, -0.2) is 4.98 Å². The summed E-state index contributed by atoms with van der Waals surface area (Å²) in [6, 6.07) is 8.51. The molecule has 2 aliphatic rings. The van der Waals surface area contributed by atoms with E-state index in [0.29, 0.717) is 6.42 Å². The van der Waals surface area contributed by atoms with Gasteiger partial charge in [-0.15, -0.1) is 0 Å². The smallest absolute Gasteiger partial charge is 0.308 e. The lowest BCUT2D eigenvalue weighted by atomic mass is 9.78. The number of aromatic nitrogens is 2. The van der Waals surface area contributed by atoms with Crippen molar-refractivity contribution in [3.05, 3.63) is 42.4 Å². The molecule has 5 nitrogen and oxygen atoms in total. The quantitative estimate of drug-likeness (QED) is 0.868. The zero-order valence-corrected chi connectivity index (χ0v) is 14.5. The lowest BCUT2D eigenvalue weighted by molar-refractivity contribution is -0.147. The van der Waals surface area contributed by atoms with E-state index in [1.54, 1.807) is 0 Å². The number of aliphatic hydroxyl groups excluding tert-OH is 1. The zero-order valence-electron chi connectivity index (χ0n) is 14.5. The molecule has 1 aromatic carbocycles. The normalized spacial score (nSPS) is 25.9. The summed E-state index contributed by atoms with van der Waals surface area (Å²) in [5, 5.41) is 10.9. The van der Waals surface area contributed by atoms with Crippen LogP contribution in [0.25, 0.3) is 11.3 Å². The molecule has 2 heterocycles. The van der Waals surface area contributed by atoms with Crippen LogP contribution in [-0.2, 0) is 9.53 Å². The van der Waals surface area contributed by atoms with Gasteiger partial charge < -0.3 is 14.4 Å². The molecular formula is C20H24N2O3. The first-order valence-electron chi connectivity index (χ1n) is 9.06. The van der Waals surface area contributed by atoms with E-state index in [9.17, 15) is 9.90 Å². The number of methoxy groups -OCH3 is 1. The van der Waals surface area contributed by atoms with Crippen molar-refractivity contribution in [1.82, 2.24) is 9.55 Å². The first kappa shape index (κ1) is 16.3. The highest BCUT2D eigenvalue weighted by atomic mass is 16.5. The lowest BCUT2D eigenvalue weighted by Gasteiger charge is -2.31. The number of ether oxygens (including phenoxy) is 1. The van der Waals surface area contributed by atoms with Crippen molar-refractivity contribution in [3.63, 3.8) is 0 Å². The maximum atomic E-state index is 11.7. The minimum Gasteiger partial charge on any atom is -0.469 e. The Balaban J connectivity index is 1.46. The third-order valence-corrected chi connectivity index (χ3v) is 5.91. The lowest BCUT2D eigenvalue weighted by Crippen LogP contribution is -2.30. The van der Waals surface area contributed by atoms with E-state index >= 15 is 0 Å². The van der Waals surface area contributed by atoms with Gasteiger partial charge in [0.25, 0.3) is 0 Å². The van der Waals surface area contributed by atoms with Crippen LogP contribution in [0.15, 0.2) is 36.8 Å². The van der Waals surface area contributed by atoms with Crippen LogP contribution in [0.5, 0.6) is 0 Å².